The molecule has 1 saturated heterocycles. The Morgan fingerprint density at radius 3 is 2.68 bits per heavy atom. The Morgan fingerprint density at radius 2 is 1.96 bits per heavy atom. The minimum absolute atomic E-state index is 0.116. The number of cyclic esters (lactones) is 1. The highest BCUT2D eigenvalue weighted by atomic mass is 35.5. The van der Waals surface area contributed by atoms with E-state index in [1.165, 1.54) is 41.3 Å². The number of halogens is 3. The molecular formula is C17H13Cl2FN2O3. The van der Waals surface area contributed by atoms with E-state index in [1.807, 2.05) is 0 Å². The molecule has 3 rings (SSSR count). The van der Waals surface area contributed by atoms with Crippen LogP contribution in [0.1, 0.15) is 10.4 Å². The fourth-order valence-electron chi connectivity index (χ4n) is 2.43. The van der Waals surface area contributed by atoms with Gasteiger partial charge in [0.1, 0.15) is 11.9 Å². The standard InChI is InChI=1S/C17H13Cl2FN2O3/c18-10-1-6-15(19)14(7-10)16(23)21-8-13-9-22(17(24)25-13)12-4-2-11(20)3-5-12/h1-7,13H,8-9H2,(H,21,23)/t13-/m1/s1. The lowest BCUT2D eigenvalue weighted by Gasteiger charge is -2.13. The molecule has 1 aliphatic rings. The van der Waals surface area contributed by atoms with Gasteiger partial charge in [0, 0.05) is 10.7 Å². The maximum absolute atomic E-state index is 13.0. The zero-order chi connectivity index (χ0) is 18.0. The van der Waals surface area contributed by atoms with Gasteiger partial charge in [0.15, 0.2) is 0 Å². The van der Waals surface area contributed by atoms with E-state index in [4.69, 9.17) is 27.9 Å². The van der Waals surface area contributed by atoms with Crippen molar-refractivity contribution < 1.29 is 18.7 Å². The molecule has 1 N–H and O–H groups in total. The molecule has 0 spiro atoms. The zero-order valence-corrected chi connectivity index (χ0v) is 14.4. The molecular weight excluding hydrogens is 370 g/mol. The van der Waals surface area contributed by atoms with Crippen molar-refractivity contribution in [2.75, 3.05) is 18.0 Å². The first-order valence-electron chi connectivity index (χ1n) is 7.41. The van der Waals surface area contributed by atoms with Crippen molar-refractivity contribution in [1.82, 2.24) is 5.32 Å². The van der Waals surface area contributed by atoms with E-state index >= 15 is 0 Å². The summed E-state index contributed by atoms with van der Waals surface area (Å²) in [6.07, 6.45) is -1.08. The topological polar surface area (TPSA) is 58.6 Å². The molecule has 0 aromatic heterocycles. The van der Waals surface area contributed by atoms with Crippen molar-refractivity contribution >= 4 is 40.9 Å². The van der Waals surface area contributed by atoms with Crippen molar-refractivity contribution in [2.45, 2.75) is 6.10 Å². The smallest absolute Gasteiger partial charge is 0.414 e. The number of anilines is 1. The third-order valence-electron chi connectivity index (χ3n) is 3.68. The molecule has 2 amide bonds. The minimum atomic E-state index is -0.549. The van der Waals surface area contributed by atoms with Gasteiger partial charge in [-0.3, -0.25) is 9.69 Å². The second kappa shape index (κ2) is 7.29. The van der Waals surface area contributed by atoms with Crippen molar-refractivity contribution in [3.63, 3.8) is 0 Å². The van der Waals surface area contributed by atoms with Gasteiger partial charge in [-0.2, -0.15) is 0 Å². The molecule has 0 unspecified atom stereocenters. The summed E-state index contributed by atoms with van der Waals surface area (Å²) in [6, 6.07) is 10.1. The molecule has 8 heteroatoms. The number of rotatable bonds is 4. The van der Waals surface area contributed by atoms with E-state index in [2.05, 4.69) is 5.32 Å². The van der Waals surface area contributed by atoms with E-state index in [-0.39, 0.29) is 23.7 Å². The van der Waals surface area contributed by atoms with Gasteiger partial charge in [-0.1, -0.05) is 23.2 Å². The molecule has 1 heterocycles. The fourth-order valence-corrected chi connectivity index (χ4v) is 2.81. The van der Waals surface area contributed by atoms with Gasteiger partial charge in [-0.25, -0.2) is 9.18 Å². The molecule has 5 nitrogen and oxygen atoms in total. The van der Waals surface area contributed by atoms with Gasteiger partial charge in [0.25, 0.3) is 5.91 Å². The predicted octanol–water partition coefficient (Wildman–Crippen LogP) is 3.89. The molecule has 1 atom stereocenters. The maximum atomic E-state index is 13.0. The highest BCUT2D eigenvalue weighted by Crippen LogP contribution is 2.23. The Bertz CT molecular complexity index is 814. The highest BCUT2D eigenvalue weighted by molar-refractivity contribution is 6.35. The third kappa shape index (κ3) is 4.03. The summed E-state index contributed by atoms with van der Waals surface area (Å²) in [5, 5.41) is 3.33. The van der Waals surface area contributed by atoms with Crippen LogP contribution in [0.15, 0.2) is 42.5 Å². The molecule has 1 fully saturated rings. The average molecular weight is 383 g/mol. The summed E-state index contributed by atoms with van der Waals surface area (Å²) < 4.78 is 18.2. The molecule has 0 bridgehead atoms. The molecule has 130 valence electrons. The van der Waals surface area contributed by atoms with Gasteiger partial charge in [0.05, 0.1) is 23.7 Å². The first-order valence-corrected chi connectivity index (χ1v) is 8.16. The lowest BCUT2D eigenvalue weighted by Crippen LogP contribution is -2.34. The van der Waals surface area contributed by atoms with Crippen LogP contribution in [0.25, 0.3) is 0 Å². The van der Waals surface area contributed by atoms with Crippen LogP contribution >= 0.6 is 23.2 Å². The second-order valence-electron chi connectivity index (χ2n) is 5.43. The van der Waals surface area contributed by atoms with Crippen molar-refractivity contribution in [3.05, 3.63) is 63.9 Å². The number of carbonyl (C=O) groups excluding carboxylic acids is 2. The molecule has 25 heavy (non-hydrogen) atoms. The van der Waals surface area contributed by atoms with Crippen LogP contribution in [-0.2, 0) is 4.74 Å². The fraction of sp³-hybridized carbons (Fsp3) is 0.176. The van der Waals surface area contributed by atoms with Crippen LogP contribution in [0.2, 0.25) is 10.0 Å². The number of nitrogens with zero attached hydrogens (tertiary/aromatic N) is 1. The Kier molecular flexibility index (Phi) is 5.11. The van der Waals surface area contributed by atoms with Crippen LogP contribution in [0, 0.1) is 5.82 Å². The summed E-state index contributed by atoms with van der Waals surface area (Å²) in [7, 11) is 0. The van der Waals surface area contributed by atoms with Gasteiger partial charge in [-0.05, 0) is 42.5 Å². The summed E-state index contributed by atoms with van der Waals surface area (Å²) in [4.78, 5) is 25.5. The van der Waals surface area contributed by atoms with E-state index in [0.29, 0.717) is 10.7 Å². The summed E-state index contributed by atoms with van der Waals surface area (Å²) in [6.45, 7) is 0.360. The Morgan fingerprint density at radius 1 is 1.24 bits per heavy atom. The number of hydrogen-bond donors (Lipinski definition) is 1. The third-order valence-corrected chi connectivity index (χ3v) is 4.24. The molecule has 0 radical (unpaired) electrons. The van der Waals surface area contributed by atoms with E-state index < -0.39 is 23.9 Å². The number of hydrogen-bond acceptors (Lipinski definition) is 3. The number of benzene rings is 2. The predicted molar refractivity (Wildman–Crippen MR) is 92.8 cm³/mol. The van der Waals surface area contributed by atoms with Crippen molar-refractivity contribution in [2.24, 2.45) is 0 Å². The monoisotopic (exact) mass is 382 g/mol. The lowest BCUT2D eigenvalue weighted by atomic mass is 10.2. The van der Waals surface area contributed by atoms with Crippen molar-refractivity contribution in [3.8, 4) is 0 Å². The van der Waals surface area contributed by atoms with Gasteiger partial charge < -0.3 is 10.1 Å². The molecule has 1 aliphatic heterocycles. The first-order chi connectivity index (χ1) is 11.9. The second-order valence-corrected chi connectivity index (χ2v) is 6.27. The number of nitrogens with one attached hydrogen (secondary N) is 1. The summed E-state index contributed by atoms with van der Waals surface area (Å²) in [5.74, 6) is -0.803. The quantitative estimate of drug-likeness (QED) is 0.872. The summed E-state index contributed by atoms with van der Waals surface area (Å²) >= 11 is 11.8. The van der Waals surface area contributed by atoms with Gasteiger partial charge in [0.2, 0.25) is 0 Å². The first kappa shape index (κ1) is 17.5. The molecule has 2 aromatic rings. The zero-order valence-electron chi connectivity index (χ0n) is 12.8. The highest BCUT2D eigenvalue weighted by Gasteiger charge is 2.32. The lowest BCUT2D eigenvalue weighted by molar-refractivity contribution is 0.0916. The largest absolute Gasteiger partial charge is 0.442 e. The van der Waals surface area contributed by atoms with E-state index in [0.717, 1.165) is 0 Å². The SMILES string of the molecule is O=C(NC[C@@H]1CN(c2ccc(F)cc2)C(=O)O1)c1cc(Cl)ccc1Cl. The van der Waals surface area contributed by atoms with Crippen LogP contribution in [0.4, 0.5) is 14.9 Å². The molecule has 2 aromatic carbocycles. The van der Waals surface area contributed by atoms with Crippen LogP contribution in [0.5, 0.6) is 0 Å². The number of ether oxygens (including phenoxy) is 1. The van der Waals surface area contributed by atoms with Crippen LogP contribution in [0.3, 0.4) is 0 Å². The average Bonchev–Trinajstić information content (AvgIpc) is 2.96. The number of amides is 2. The van der Waals surface area contributed by atoms with Crippen molar-refractivity contribution in [1.29, 1.82) is 0 Å². The Balaban J connectivity index is 1.61. The van der Waals surface area contributed by atoms with Gasteiger partial charge >= 0.3 is 6.09 Å². The van der Waals surface area contributed by atoms with E-state index in [9.17, 15) is 14.0 Å². The normalized spacial score (nSPS) is 16.7. The Labute approximate surface area is 153 Å². The maximum Gasteiger partial charge on any atom is 0.414 e. The van der Waals surface area contributed by atoms with Gasteiger partial charge in [-0.15, -0.1) is 0 Å². The van der Waals surface area contributed by atoms with Crippen LogP contribution in [-0.4, -0.2) is 31.2 Å². The molecule has 0 aliphatic carbocycles. The van der Waals surface area contributed by atoms with Crippen LogP contribution < -0.4 is 10.2 Å². The minimum Gasteiger partial charge on any atom is -0.442 e. The van der Waals surface area contributed by atoms with E-state index in [1.54, 1.807) is 6.07 Å². The Hall–Kier alpha value is -2.31. The number of carbonyl (C=O) groups is 2. The summed E-state index contributed by atoms with van der Waals surface area (Å²) in [5.41, 5.74) is 0.770. The molecule has 0 saturated carbocycles.